The number of anilines is 1. The first-order valence-corrected chi connectivity index (χ1v) is 6.75. The molecule has 0 aliphatic rings. The lowest BCUT2D eigenvalue weighted by atomic mass is 10.2. The SMILES string of the molecule is Cc1ccccc1NC(=O)c1nc2ccccc2nc1C. The minimum atomic E-state index is -0.236. The Morgan fingerprint density at radius 3 is 2.24 bits per heavy atom. The molecule has 0 saturated heterocycles. The lowest BCUT2D eigenvalue weighted by Gasteiger charge is -2.09. The Balaban J connectivity index is 1.98. The van der Waals surface area contributed by atoms with E-state index in [0.29, 0.717) is 11.4 Å². The van der Waals surface area contributed by atoms with Gasteiger partial charge in [0.1, 0.15) is 5.69 Å². The highest BCUT2D eigenvalue weighted by molar-refractivity contribution is 6.04. The number of hydrogen-bond donors (Lipinski definition) is 1. The molecule has 1 N–H and O–H groups in total. The van der Waals surface area contributed by atoms with Crippen LogP contribution in [0.1, 0.15) is 21.7 Å². The minimum Gasteiger partial charge on any atom is -0.320 e. The van der Waals surface area contributed by atoms with Gasteiger partial charge in [-0.25, -0.2) is 9.97 Å². The Labute approximate surface area is 122 Å². The zero-order valence-corrected chi connectivity index (χ0v) is 11.9. The van der Waals surface area contributed by atoms with E-state index in [9.17, 15) is 4.79 Å². The van der Waals surface area contributed by atoms with E-state index in [4.69, 9.17) is 0 Å². The lowest BCUT2D eigenvalue weighted by Crippen LogP contribution is -2.16. The summed E-state index contributed by atoms with van der Waals surface area (Å²) in [7, 11) is 0. The molecule has 3 rings (SSSR count). The molecule has 0 atom stereocenters. The highest BCUT2D eigenvalue weighted by atomic mass is 16.1. The van der Waals surface area contributed by atoms with Crippen molar-refractivity contribution in [3.63, 3.8) is 0 Å². The highest BCUT2D eigenvalue weighted by Gasteiger charge is 2.14. The third-order valence-electron chi connectivity index (χ3n) is 3.35. The van der Waals surface area contributed by atoms with Crippen LogP contribution in [-0.2, 0) is 0 Å². The molecular formula is C17H15N3O. The molecule has 4 heteroatoms. The van der Waals surface area contributed by atoms with Crippen LogP contribution in [0.4, 0.5) is 5.69 Å². The number of rotatable bonds is 2. The molecule has 0 aliphatic heterocycles. The fourth-order valence-electron chi connectivity index (χ4n) is 2.20. The van der Waals surface area contributed by atoms with Crippen molar-refractivity contribution in [3.05, 3.63) is 65.5 Å². The Morgan fingerprint density at radius 1 is 0.905 bits per heavy atom. The van der Waals surface area contributed by atoms with Crippen molar-refractivity contribution in [2.45, 2.75) is 13.8 Å². The second-order valence-corrected chi connectivity index (χ2v) is 4.92. The van der Waals surface area contributed by atoms with Crippen molar-refractivity contribution >= 4 is 22.6 Å². The van der Waals surface area contributed by atoms with Crippen LogP contribution in [0.15, 0.2) is 48.5 Å². The summed E-state index contributed by atoms with van der Waals surface area (Å²) in [6, 6.07) is 15.2. The van der Waals surface area contributed by atoms with Gasteiger partial charge in [-0.2, -0.15) is 0 Å². The summed E-state index contributed by atoms with van der Waals surface area (Å²) in [4.78, 5) is 21.3. The molecule has 104 valence electrons. The van der Waals surface area contributed by atoms with Crippen LogP contribution in [-0.4, -0.2) is 15.9 Å². The van der Waals surface area contributed by atoms with E-state index in [1.807, 2.05) is 55.5 Å². The van der Waals surface area contributed by atoms with Crippen molar-refractivity contribution in [2.75, 3.05) is 5.32 Å². The zero-order chi connectivity index (χ0) is 14.8. The van der Waals surface area contributed by atoms with E-state index < -0.39 is 0 Å². The summed E-state index contributed by atoms with van der Waals surface area (Å²) in [5, 5.41) is 2.89. The van der Waals surface area contributed by atoms with Crippen LogP contribution in [0, 0.1) is 13.8 Å². The number of carbonyl (C=O) groups is 1. The predicted molar refractivity (Wildman–Crippen MR) is 83.4 cm³/mol. The molecule has 0 fully saturated rings. The maximum Gasteiger partial charge on any atom is 0.276 e. The average Bonchev–Trinajstić information content (AvgIpc) is 2.49. The first kappa shape index (κ1) is 13.2. The van der Waals surface area contributed by atoms with Gasteiger partial charge < -0.3 is 5.32 Å². The standard InChI is InChI=1S/C17H15N3O/c1-11-7-3-4-8-13(11)20-17(21)16-12(2)18-14-9-5-6-10-15(14)19-16/h3-10H,1-2H3,(H,20,21). The molecule has 3 aromatic rings. The quantitative estimate of drug-likeness (QED) is 0.780. The molecule has 0 radical (unpaired) electrons. The molecule has 0 saturated carbocycles. The van der Waals surface area contributed by atoms with Crippen molar-refractivity contribution in [1.82, 2.24) is 9.97 Å². The van der Waals surface area contributed by atoms with Gasteiger partial charge in [0.15, 0.2) is 0 Å². The fraction of sp³-hybridized carbons (Fsp3) is 0.118. The number of aromatic nitrogens is 2. The molecule has 21 heavy (non-hydrogen) atoms. The summed E-state index contributed by atoms with van der Waals surface area (Å²) in [5.74, 6) is -0.236. The van der Waals surface area contributed by atoms with E-state index in [-0.39, 0.29) is 5.91 Å². The second kappa shape index (κ2) is 5.32. The molecule has 1 amide bonds. The molecule has 0 bridgehead atoms. The minimum absolute atomic E-state index is 0.236. The second-order valence-electron chi connectivity index (χ2n) is 4.92. The number of nitrogens with zero attached hydrogens (tertiary/aromatic N) is 2. The Kier molecular flexibility index (Phi) is 3.36. The Morgan fingerprint density at radius 2 is 1.52 bits per heavy atom. The highest BCUT2D eigenvalue weighted by Crippen LogP contribution is 2.16. The molecule has 0 unspecified atom stereocenters. The van der Waals surface area contributed by atoms with Crippen molar-refractivity contribution < 1.29 is 4.79 Å². The molecule has 1 aromatic heterocycles. The van der Waals surface area contributed by atoms with Crippen LogP contribution < -0.4 is 5.32 Å². The van der Waals surface area contributed by atoms with E-state index in [2.05, 4.69) is 15.3 Å². The van der Waals surface area contributed by atoms with Crippen LogP contribution in [0.25, 0.3) is 11.0 Å². The van der Waals surface area contributed by atoms with E-state index >= 15 is 0 Å². The predicted octanol–water partition coefficient (Wildman–Crippen LogP) is 3.50. The Bertz CT molecular complexity index is 827. The first-order chi connectivity index (χ1) is 10.1. The number of benzene rings is 2. The van der Waals surface area contributed by atoms with Gasteiger partial charge in [0.05, 0.1) is 16.7 Å². The van der Waals surface area contributed by atoms with Crippen LogP contribution in [0.2, 0.25) is 0 Å². The number of nitrogens with one attached hydrogen (secondary N) is 1. The summed E-state index contributed by atoms with van der Waals surface area (Å²) in [5.41, 5.74) is 4.30. The lowest BCUT2D eigenvalue weighted by molar-refractivity contribution is 0.102. The number of hydrogen-bond acceptors (Lipinski definition) is 3. The van der Waals surface area contributed by atoms with Gasteiger partial charge in [0.2, 0.25) is 0 Å². The van der Waals surface area contributed by atoms with E-state index in [1.165, 1.54) is 0 Å². The number of fused-ring (bicyclic) bond motifs is 1. The smallest absolute Gasteiger partial charge is 0.276 e. The normalized spacial score (nSPS) is 10.6. The van der Waals surface area contributed by atoms with Gasteiger partial charge >= 0.3 is 0 Å². The third kappa shape index (κ3) is 2.60. The third-order valence-corrected chi connectivity index (χ3v) is 3.35. The van der Waals surface area contributed by atoms with Crippen molar-refractivity contribution in [2.24, 2.45) is 0 Å². The van der Waals surface area contributed by atoms with Crippen LogP contribution in [0.3, 0.4) is 0 Å². The number of amides is 1. The maximum atomic E-state index is 12.4. The van der Waals surface area contributed by atoms with Gasteiger partial charge in [-0.3, -0.25) is 4.79 Å². The molecule has 1 heterocycles. The topological polar surface area (TPSA) is 54.9 Å². The molecule has 0 aliphatic carbocycles. The largest absolute Gasteiger partial charge is 0.320 e. The van der Waals surface area contributed by atoms with Gasteiger partial charge in [0.25, 0.3) is 5.91 Å². The molecule has 4 nitrogen and oxygen atoms in total. The van der Waals surface area contributed by atoms with E-state index in [0.717, 1.165) is 22.3 Å². The monoisotopic (exact) mass is 277 g/mol. The van der Waals surface area contributed by atoms with Gasteiger partial charge in [-0.15, -0.1) is 0 Å². The zero-order valence-electron chi connectivity index (χ0n) is 11.9. The van der Waals surface area contributed by atoms with Gasteiger partial charge in [0, 0.05) is 5.69 Å². The summed E-state index contributed by atoms with van der Waals surface area (Å²) in [6.45, 7) is 3.75. The Hall–Kier alpha value is -2.75. The number of carbonyl (C=O) groups excluding carboxylic acids is 1. The van der Waals surface area contributed by atoms with Crippen LogP contribution >= 0.6 is 0 Å². The molecular weight excluding hydrogens is 262 g/mol. The first-order valence-electron chi connectivity index (χ1n) is 6.75. The summed E-state index contributed by atoms with van der Waals surface area (Å²) >= 11 is 0. The number of para-hydroxylation sites is 3. The summed E-state index contributed by atoms with van der Waals surface area (Å²) in [6.07, 6.45) is 0. The van der Waals surface area contributed by atoms with E-state index in [1.54, 1.807) is 6.92 Å². The van der Waals surface area contributed by atoms with Gasteiger partial charge in [-0.05, 0) is 37.6 Å². The van der Waals surface area contributed by atoms with Crippen molar-refractivity contribution in [1.29, 1.82) is 0 Å². The fourth-order valence-corrected chi connectivity index (χ4v) is 2.20. The van der Waals surface area contributed by atoms with Gasteiger partial charge in [-0.1, -0.05) is 30.3 Å². The van der Waals surface area contributed by atoms with Crippen molar-refractivity contribution in [3.8, 4) is 0 Å². The number of aryl methyl sites for hydroxylation is 2. The average molecular weight is 277 g/mol. The van der Waals surface area contributed by atoms with Crippen LogP contribution in [0.5, 0.6) is 0 Å². The maximum absolute atomic E-state index is 12.4. The summed E-state index contributed by atoms with van der Waals surface area (Å²) < 4.78 is 0. The molecule has 0 spiro atoms. The molecule has 2 aromatic carbocycles.